The van der Waals surface area contributed by atoms with Gasteiger partial charge < -0.3 is 15.2 Å². The molecular weight excluding hydrogens is 456 g/mol. The zero-order valence-corrected chi connectivity index (χ0v) is 19.1. The van der Waals surface area contributed by atoms with Gasteiger partial charge in [0.2, 0.25) is 0 Å². The molecule has 2 aliphatic rings. The number of halogens is 2. The number of urea groups is 1. The largest absolute Gasteiger partial charge is 0.349 e. The minimum atomic E-state index is -2.65. The molecule has 0 bridgehead atoms. The van der Waals surface area contributed by atoms with Crippen molar-refractivity contribution in [1.82, 2.24) is 25.5 Å². The number of aryl methyl sites for hydroxylation is 2. The molecule has 35 heavy (non-hydrogen) atoms. The van der Waals surface area contributed by atoms with Crippen molar-refractivity contribution in [2.75, 3.05) is 6.54 Å². The second-order valence-electron chi connectivity index (χ2n) is 9.05. The predicted molar refractivity (Wildman–Crippen MR) is 123 cm³/mol. The molecule has 1 aromatic heterocycles. The number of rotatable bonds is 6. The van der Waals surface area contributed by atoms with E-state index in [-0.39, 0.29) is 18.8 Å². The molecule has 10 heteroatoms. The zero-order chi connectivity index (χ0) is 25.0. The van der Waals surface area contributed by atoms with Crippen LogP contribution in [0.25, 0.3) is 11.1 Å². The van der Waals surface area contributed by atoms with Crippen molar-refractivity contribution in [3.8, 4) is 11.1 Å². The quantitative estimate of drug-likeness (QED) is 0.473. The molecule has 2 atom stereocenters. The molecule has 3 aromatic rings. The highest BCUT2D eigenvalue weighted by atomic mass is 19.3. The predicted octanol–water partition coefficient (Wildman–Crippen LogP) is 2.98. The molecule has 1 saturated carbocycles. The average Bonchev–Trinajstić information content (AvgIpc) is 3.10. The van der Waals surface area contributed by atoms with E-state index >= 15 is 0 Å². The van der Waals surface area contributed by atoms with Crippen LogP contribution in [0.3, 0.4) is 0 Å². The van der Waals surface area contributed by atoms with E-state index in [4.69, 9.17) is 0 Å². The number of carbonyl (C=O) groups is 3. The summed E-state index contributed by atoms with van der Waals surface area (Å²) in [5.41, 5.74) is 1.60. The van der Waals surface area contributed by atoms with Crippen LogP contribution >= 0.6 is 0 Å². The topological polar surface area (TPSA) is 105 Å². The third kappa shape index (κ3) is 3.94. The van der Waals surface area contributed by atoms with Crippen molar-refractivity contribution in [2.45, 2.75) is 30.7 Å². The van der Waals surface area contributed by atoms with Gasteiger partial charge in [-0.1, -0.05) is 42.0 Å². The van der Waals surface area contributed by atoms with Crippen LogP contribution in [-0.2, 0) is 17.4 Å². The van der Waals surface area contributed by atoms with Crippen LogP contribution < -0.4 is 16.0 Å². The monoisotopic (exact) mass is 479 g/mol. The highest BCUT2D eigenvalue weighted by Crippen LogP contribution is 2.55. The SMILES string of the molecule is Cc1ccc(C(=O)NCC2(c3nccn3C)NC(=O)NC2=O)c(-c2ccc(C3CC3(F)F)cc2)c1. The van der Waals surface area contributed by atoms with Crippen molar-refractivity contribution < 1.29 is 23.2 Å². The second-order valence-corrected chi connectivity index (χ2v) is 9.05. The summed E-state index contributed by atoms with van der Waals surface area (Å²) in [4.78, 5) is 42.2. The van der Waals surface area contributed by atoms with Gasteiger partial charge in [0.15, 0.2) is 5.54 Å². The van der Waals surface area contributed by atoms with E-state index in [0.717, 1.165) is 5.56 Å². The number of nitrogens with zero attached hydrogens (tertiary/aromatic N) is 2. The van der Waals surface area contributed by atoms with Crippen LogP contribution in [0.4, 0.5) is 13.6 Å². The van der Waals surface area contributed by atoms with Crippen LogP contribution in [0.2, 0.25) is 0 Å². The minimum absolute atomic E-state index is 0.147. The number of hydrogen-bond donors (Lipinski definition) is 3. The average molecular weight is 479 g/mol. The number of benzene rings is 2. The normalized spacial score (nSPS) is 22.5. The van der Waals surface area contributed by atoms with E-state index in [1.807, 2.05) is 13.0 Å². The van der Waals surface area contributed by atoms with Gasteiger partial charge in [-0.05, 0) is 29.7 Å². The van der Waals surface area contributed by atoms with E-state index in [1.54, 1.807) is 54.2 Å². The Morgan fingerprint density at radius 1 is 1.20 bits per heavy atom. The summed E-state index contributed by atoms with van der Waals surface area (Å²) in [5.74, 6) is -4.21. The molecule has 0 radical (unpaired) electrons. The van der Waals surface area contributed by atoms with Crippen LogP contribution in [-0.4, -0.2) is 39.9 Å². The van der Waals surface area contributed by atoms with Gasteiger partial charge in [-0.25, -0.2) is 18.6 Å². The van der Waals surface area contributed by atoms with Gasteiger partial charge in [0.1, 0.15) is 5.82 Å². The molecule has 2 aromatic carbocycles. The molecule has 5 rings (SSSR count). The molecule has 2 unspecified atom stereocenters. The lowest BCUT2D eigenvalue weighted by molar-refractivity contribution is -0.124. The standard InChI is InChI=1S/C25H23F2N5O3/c1-14-3-8-17(18(11-14)15-4-6-16(7-5-15)19-12-25(19,26)27)20(33)29-13-24(21-28-9-10-32(21)2)22(34)30-23(35)31-24/h3-11,19H,12-13H2,1-2H3,(H,29,33)(H2,30,31,34,35). The summed E-state index contributed by atoms with van der Waals surface area (Å²) in [6.45, 7) is 1.66. The molecular formula is C25H23F2N5O3. The Labute approximate surface area is 199 Å². The molecule has 3 N–H and O–H groups in total. The molecule has 1 aliphatic carbocycles. The first-order valence-electron chi connectivity index (χ1n) is 11.1. The van der Waals surface area contributed by atoms with Crippen molar-refractivity contribution >= 4 is 17.8 Å². The lowest BCUT2D eigenvalue weighted by Crippen LogP contribution is -2.54. The number of imide groups is 1. The third-order valence-corrected chi connectivity index (χ3v) is 6.53. The van der Waals surface area contributed by atoms with Gasteiger partial charge in [0, 0.05) is 31.4 Å². The summed E-state index contributed by atoms with van der Waals surface area (Å²) in [5, 5.41) is 7.56. The number of hydrogen-bond acceptors (Lipinski definition) is 4. The van der Waals surface area contributed by atoms with E-state index in [2.05, 4.69) is 20.9 Å². The number of alkyl halides is 2. The van der Waals surface area contributed by atoms with Gasteiger partial charge in [-0.15, -0.1) is 0 Å². The van der Waals surface area contributed by atoms with Gasteiger partial charge in [-0.3, -0.25) is 14.9 Å². The molecule has 4 amide bonds. The minimum Gasteiger partial charge on any atom is -0.349 e. The second kappa shape index (κ2) is 8.00. The van der Waals surface area contributed by atoms with Crippen molar-refractivity contribution in [1.29, 1.82) is 0 Å². The lowest BCUT2D eigenvalue weighted by Gasteiger charge is -2.26. The fourth-order valence-electron chi connectivity index (χ4n) is 4.50. The van der Waals surface area contributed by atoms with Gasteiger partial charge in [-0.2, -0.15) is 0 Å². The first kappa shape index (κ1) is 22.7. The summed E-state index contributed by atoms with van der Waals surface area (Å²) >= 11 is 0. The Kier molecular flexibility index (Phi) is 5.19. The fourth-order valence-corrected chi connectivity index (χ4v) is 4.50. The Morgan fingerprint density at radius 3 is 2.49 bits per heavy atom. The van der Waals surface area contributed by atoms with E-state index in [9.17, 15) is 23.2 Å². The van der Waals surface area contributed by atoms with E-state index in [1.165, 1.54) is 6.20 Å². The first-order valence-corrected chi connectivity index (χ1v) is 11.1. The molecule has 2 heterocycles. The van der Waals surface area contributed by atoms with Crippen LogP contribution in [0.5, 0.6) is 0 Å². The van der Waals surface area contributed by atoms with Crippen molar-refractivity contribution in [3.05, 3.63) is 77.4 Å². The maximum atomic E-state index is 13.4. The summed E-state index contributed by atoms with van der Waals surface area (Å²) in [7, 11) is 1.68. The number of imidazole rings is 1. The fraction of sp³-hybridized carbons (Fsp3) is 0.280. The Bertz CT molecular complexity index is 1350. The molecule has 2 fully saturated rings. The summed E-state index contributed by atoms with van der Waals surface area (Å²) in [6.07, 6.45) is 2.98. The van der Waals surface area contributed by atoms with Crippen LogP contribution in [0.15, 0.2) is 54.9 Å². The van der Waals surface area contributed by atoms with Gasteiger partial charge in [0.05, 0.1) is 12.5 Å². The smallest absolute Gasteiger partial charge is 0.322 e. The molecule has 8 nitrogen and oxygen atoms in total. The van der Waals surface area contributed by atoms with Crippen molar-refractivity contribution in [2.24, 2.45) is 7.05 Å². The zero-order valence-electron chi connectivity index (χ0n) is 19.1. The molecule has 1 aliphatic heterocycles. The van der Waals surface area contributed by atoms with Crippen molar-refractivity contribution in [3.63, 3.8) is 0 Å². The van der Waals surface area contributed by atoms with E-state index < -0.39 is 35.2 Å². The Morgan fingerprint density at radius 2 is 1.91 bits per heavy atom. The Hall–Kier alpha value is -4.08. The molecule has 180 valence electrons. The van der Waals surface area contributed by atoms with Gasteiger partial charge >= 0.3 is 6.03 Å². The van der Waals surface area contributed by atoms with E-state index in [0.29, 0.717) is 22.3 Å². The maximum Gasteiger partial charge on any atom is 0.322 e. The highest BCUT2D eigenvalue weighted by molar-refractivity contribution is 6.08. The maximum absolute atomic E-state index is 13.4. The highest BCUT2D eigenvalue weighted by Gasteiger charge is 2.57. The number of aromatic nitrogens is 2. The summed E-state index contributed by atoms with van der Waals surface area (Å²) < 4.78 is 28.5. The first-order chi connectivity index (χ1) is 16.6. The molecule has 1 saturated heterocycles. The number of amides is 4. The number of carbonyl (C=O) groups excluding carboxylic acids is 3. The summed E-state index contributed by atoms with van der Waals surface area (Å²) in [6, 6.07) is 11.4. The molecule has 0 spiro atoms. The third-order valence-electron chi connectivity index (χ3n) is 6.53. The lowest BCUT2D eigenvalue weighted by atomic mass is 9.94. The number of nitrogens with one attached hydrogen (secondary N) is 3. The van der Waals surface area contributed by atoms with Crippen LogP contribution in [0, 0.1) is 6.92 Å². The Balaban J connectivity index is 1.42. The van der Waals surface area contributed by atoms with Gasteiger partial charge in [0.25, 0.3) is 17.7 Å². The van der Waals surface area contributed by atoms with Crippen LogP contribution in [0.1, 0.15) is 39.6 Å².